The Balaban J connectivity index is 2.49. The maximum atomic E-state index is 11.7. The predicted octanol–water partition coefficient (Wildman–Crippen LogP) is 1.73. The molecule has 1 atom stereocenters. The zero-order valence-corrected chi connectivity index (χ0v) is 10.1. The molecule has 1 amide bonds. The number of hydrogen-bond donors (Lipinski definition) is 2. The van der Waals surface area contributed by atoms with Gasteiger partial charge in [0.25, 0.3) is 0 Å². The predicted molar refractivity (Wildman–Crippen MR) is 70.2 cm³/mol. The Bertz CT molecular complexity index is 403. The van der Waals surface area contributed by atoms with Crippen LogP contribution in [0.1, 0.15) is 25.3 Å². The lowest BCUT2D eigenvalue weighted by molar-refractivity contribution is -0.120. The van der Waals surface area contributed by atoms with Gasteiger partial charge in [0.15, 0.2) is 0 Å². The highest BCUT2D eigenvalue weighted by atomic mass is 16.1. The molecule has 0 saturated heterocycles. The zero-order chi connectivity index (χ0) is 12.7. The summed E-state index contributed by atoms with van der Waals surface area (Å²) in [5.41, 5.74) is 7.20. The molecule has 0 bridgehead atoms. The van der Waals surface area contributed by atoms with E-state index in [4.69, 9.17) is 12.2 Å². The van der Waals surface area contributed by atoms with Crippen molar-refractivity contribution in [3.63, 3.8) is 0 Å². The molecule has 0 fully saturated rings. The van der Waals surface area contributed by atoms with E-state index in [2.05, 4.69) is 11.2 Å². The van der Waals surface area contributed by atoms with Crippen molar-refractivity contribution < 1.29 is 4.79 Å². The van der Waals surface area contributed by atoms with E-state index in [1.807, 2.05) is 19.1 Å². The molecule has 3 heteroatoms. The second kappa shape index (κ2) is 6.59. The number of anilines is 1. The number of hydrogen-bond acceptors (Lipinski definition) is 2. The highest BCUT2D eigenvalue weighted by molar-refractivity contribution is 5.79. The van der Waals surface area contributed by atoms with Crippen molar-refractivity contribution in [2.75, 3.05) is 5.73 Å². The van der Waals surface area contributed by atoms with Crippen LogP contribution in [0.5, 0.6) is 0 Å². The van der Waals surface area contributed by atoms with E-state index in [1.165, 1.54) is 0 Å². The minimum Gasteiger partial charge on any atom is -0.399 e. The molecule has 0 spiro atoms. The maximum Gasteiger partial charge on any atom is 0.225 e. The van der Waals surface area contributed by atoms with Crippen LogP contribution in [0.4, 0.5) is 5.69 Å². The van der Waals surface area contributed by atoms with Crippen LogP contribution in [0.2, 0.25) is 0 Å². The van der Waals surface area contributed by atoms with Crippen molar-refractivity contribution in [2.24, 2.45) is 0 Å². The maximum absolute atomic E-state index is 11.7. The van der Waals surface area contributed by atoms with Gasteiger partial charge < -0.3 is 11.1 Å². The molecule has 0 aliphatic rings. The Kier molecular flexibility index (Phi) is 5.09. The second-order valence-corrected chi connectivity index (χ2v) is 3.99. The first kappa shape index (κ1) is 13.1. The van der Waals surface area contributed by atoms with Crippen LogP contribution in [-0.2, 0) is 11.2 Å². The van der Waals surface area contributed by atoms with Crippen LogP contribution in [-0.4, -0.2) is 11.9 Å². The lowest BCUT2D eigenvalue weighted by Crippen LogP contribution is -2.34. The van der Waals surface area contributed by atoms with Crippen LogP contribution in [0.3, 0.4) is 0 Å². The number of nitrogen functional groups attached to an aromatic ring is 1. The summed E-state index contributed by atoms with van der Waals surface area (Å²) >= 11 is 0. The van der Waals surface area contributed by atoms with Gasteiger partial charge >= 0.3 is 0 Å². The minimum absolute atomic E-state index is 0.0498. The van der Waals surface area contributed by atoms with Crippen molar-refractivity contribution >= 4 is 11.6 Å². The number of amides is 1. The normalized spacial score (nSPS) is 11.5. The molecular weight excluding hydrogens is 212 g/mol. The van der Waals surface area contributed by atoms with E-state index in [1.54, 1.807) is 12.1 Å². The van der Waals surface area contributed by atoms with Crippen molar-refractivity contribution in [1.29, 1.82) is 0 Å². The number of rotatable bonds is 5. The highest BCUT2D eigenvalue weighted by Crippen LogP contribution is 2.06. The lowest BCUT2D eigenvalue weighted by atomic mass is 10.1. The van der Waals surface area contributed by atoms with Crippen LogP contribution >= 0.6 is 0 Å². The van der Waals surface area contributed by atoms with E-state index >= 15 is 0 Å². The molecule has 0 aliphatic heterocycles. The Morgan fingerprint density at radius 1 is 1.47 bits per heavy atom. The molecule has 0 radical (unpaired) electrons. The number of terminal acetylenes is 1. The zero-order valence-electron chi connectivity index (χ0n) is 10.1. The molecule has 3 N–H and O–H groups in total. The summed E-state index contributed by atoms with van der Waals surface area (Å²) in [6.45, 7) is 2.04. The van der Waals surface area contributed by atoms with Gasteiger partial charge in [0.2, 0.25) is 5.91 Å². The quantitative estimate of drug-likeness (QED) is 0.598. The Morgan fingerprint density at radius 2 is 2.12 bits per heavy atom. The average molecular weight is 230 g/mol. The molecular formula is C14H18N2O. The number of carbonyl (C=O) groups is 1. The van der Waals surface area contributed by atoms with E-state index in [0.29, 0.717) is 12.1 Å². The Labute approximate surface area is 102 Å². The fourth-order valence-corrected chi connectivity index (χ4v) is 1.55. The van der Waals surface area contributed by atoms with Gasteiger partial charge in [0.05, 0.1) is 12.5 Å². The largest absolute Gasteiger partial charge is 0.399 e. The van der Waals surface area contributed by atoms with Crippen LogP contribution in [0, 0.1) is 12.3 Å². The topological polar surface area (TPSA) is 55.1 Å². The van der Waals surface area contributed by atoms with Crippen LogP contribution in [0.15, 0.2) is 24.3 Å². The Morgan fingerprint density at radius 3 is 2.65 bits per heavy atom. The molecule has 1 rings (SSSR count). The molecule has 90 valence electrons. The molecule has 1 aromatic rings. The SMILES string of the molecule is C#CC(CCC)NC(=O)Cc1ccc(N)cc1. The molecule has 0 heterocycles. The highest BCUT2D eigenvalue weighted by Gasteiger charge is 2.08. The fraction of sp³-hybridized carbons (Fsp3) is 0.357. The van der Waals surface area contributed by atoms with Crippen molar-refractivity contribution in [3.8, 4) is 12.3 Å². The van der Waals surface area contributed by atoms with Crippen LogP contribution in [0.25, 0.3) is 0 Å². The second-order valence-electron chi connectivity index (χ2n) is 3.99. The van der Waals surface area contributed by atoms with E-state index in [0.717, 1.165) is 18.4 Å². The third kappa shape index (κ3) is 4.60. The smallest absolute Gasteiger partial charge is 0.225 e. The van der Waals surface area contributed by atoms with E-state index in [-0.39, 0.29) is 11.9 Å². The molecule has 0 aliphatic carbocycles. The van der Waals surface area contributed by atoms with E-state index in [9.17, 15) is 4.79 Å². The van der Waals surface area contributed by atoms with Gasteiger partial charge in [0, 0.05) is 5.69 Å². The summed E-state index contributed by atoms with van der Waals surface area (Å²) in [5, 5.41) is 2.82. The first-order valence-electron chi connectivity index (χ1n) is 5.75. The first-order valence-corrected chi connectivity index (χ1v) is 5.75. The van der Waals surface area contributed by atoms with E-state index < -0.39 is 0 Å². The summed E-state index contributed by atoms with van der Waals surface area (Å²) in [5.74, 6) is 2.53. The summed E-state index contributed by atoms with van der Waals surface area (Å²) in [4.78, 5) is 11.7. The molecule has 0 aromatic heterocycles. The molecule has 3 nitrogen and oxygen atoms in total. The van der Waals surface area contributed by atoms with Gasteiger partial charge in [-0.05, 0) is 24.1 Å². The van der Waals surface area contributed by atoms with Crippen molar-refractivity contribution in [3.05, 3.63) is 29.8 Å². The van der Waals surface area contributed by atoms with Gasteiger partial charge in [0.1, 0.15) is 0 Å². The summed E-state index contributed by atoms with van der Waals surface area (Å²) in [6, 6.07) is 7.10. The lowest BCUT2D eigenvalue weighted by Gasteiger charge is -2.11. The standard InChI is InChI=1S/C14H18N2O/c1-3-5-13(4-2)16-14(17)10-11-6-8-12(15)9-7-11/h2,6-9,13H,3,5,10,15H2,1H3,(H,16,17). The third-order valence-corrected chi connectivity index (χ3v) is 2.46. The number of nitrogens with one attached hydrogen (secondary N) is 1. The minimum atomic E-state index is -0.165. The molecule has 1 aromatic carbocycles. The van der Waals surface area contributed by atoms with Crippen molar-refractivity contribution in [2.45, 2.75) is 32.2 Å². The summed E-state index contributed by atoms with van der Waals surface area (Å²) < 4.78 is 0. The average Bonchev–Trinajstić information content (AvgIpc) is 2.31. The van der Waals surface area contributed by atoms with Crippen molar-refractivity contribution in [1.82, 2.24) is 5.32 Å². The number of nitrogens with two attached hydrogens (primary N) is 1. The van der Waals surface area contributed by atoms with Gasteiger partial charge in [-0.25, -0.2) is 0 Å². The molecule has 1 unspecified atom stereocenters. The third-order valence-electron chi connectivity index (χ3n) is 2.46. The first-order chi connectivity index (χ1) is 8.15. The van der Waals surface area contributed by atoms with Gasteiger partial charge in [-0.3, -0.25) is 4.79 Å². The van der Waals surface area contributed by atoms with Gasteiger partial charge in [-0.15, -0.1) is 6.42 Å². The monoisotopic (exact) mass is 230 g/mol. The van der Waals surface area contributed by atoms with Crippen LogP contribution < -0.4 is 11.1 Å². The summed E-state index contributed by atoms with van der Waals surface area (Å²) in [6.07, 6.45) is 7.44. The fourth-order valence-electron chi connectivity index (χ4n) is 1.55. The molecule has 17 heavy (non-hydrogen) atoms. The van der Waals surface area contributed by atoms with Gasteiger partial charge in [-0.1, -0.05) is 31.4 Å². The Hall–Kier alpha value is -1.95. The number of benzene rings is 1. The van der Waals surface area contributed by atoms with Gasteiger partial charge in [-0.2, -0.15) is 0 Å². The summed E-state index contributed by atoms with van der Waals surface area (Å²) in [7, 11) is 0. The number of carbonyl (C=O) groups excluding carboxylic acids is 1. The molecule has 0 saturated carbocycles.